The lowest BCUT2D eigenvalue weighted by molar-refractivity contribution is 0.191. The van der Waals surface area contributed by atoms with E-state index >= 15 is 0 Å². The molecule has 0 atom stereocenters. The van der Waals surface area contributed by atoms with Crippen molar-refractivity contribution in [1.29, 1.82) is 0 Å². The molecule has 0 aromatic heterocycles. The zero-order chi connectivity index (χ0) is 16.1. The van der Waals surface area contributed by atoms with Crippen LogP contribution in [0.3, 0.4) is 0 Å². The van der Waals surface area contributed by atoms with Crippen molar-refractivity contribution >= 4 is 14.4 Å². The van der Waals surface area contributed by atoms with Crippen LogP contribution in [-0.4, -0.2) is 32.7 Å². The molecular formula is C15H25NO4Si. The minimum atomic E-state index is -1.87. The van der Waals surface area contributed by atoms with Crippen LogP contribution in [0.15, 0.2) is 24.3 Å². The van der Waals surface area contributed by atoms with Gasteiger partial charge in [-0.3, -0.25) is 0 Å². The summed E-state index contributed by atoms with van der Waals surface area (Å²) in [7, 11) is -1.87. The Balaban J connectivity index is 2.62. The molecule has 0 unspecified atom stereocenters. The first-order valence-electron chi connectivity index (χ1n) is 7.00. The molecule has 1 aromatic rings. The summed E-state index contributed by atoms with van der Waals surface area (Å²) in [5, 5.41) is 10.9. The van der Waals surface area contributed by atoms with Gasteiger partial charge in [0.25, 0.3) is 0 Å². The molecule has 0 fully saturated rings. The molecule has 0 aliphatic heterocycles. The van der Waals surface area contributed by atoms with E-state index in [1.807, 2.05) is 24.3 Å². The first kappa shape index (κ1) is 17.4. The van der Waals surface area contributed by atoms with Gasteiger partial charge in [0.15, 0.2) is 0 Å². The van der Waals surface area contributed by atoms with E-state index in [4.69, 9.17) is 14.3 Å². The predicted octanol–water partition coefficient (Wildman–Crippen LogP) is 3.72. The minimum Gasteiger partial charge on any atom is -0.543 e. The van der Waals surface area contributed by atoms with E-state index < -0.39 is 14.4 Å². The van der Waals surface area contributed by atoms with E-state index in [0.29, 0.717) is 5.75 Å². The molecule has 118 valence electrons. The summed E-state index contributed by atoms with van der Waals surface area (Å²) in [6.07, 6.45) is -1.05. The Bertz CT molecular complexity index is 483. The van der Waals surface area contributed by atoms with Crippen molar-refractivity contribution in [3.05, 3.63) is 24.3 Å². The van der Waals surface area contributed by atoms with E-state index in [1.165, 1.54) is 0 Å². The van der Waals surface area contributed by atoms with E-state index in [9.17, 15) is 4.79 Å². The van der Waals surface area contributed by atoms with Gasteiger partial charge in [0.2, 0.25) is 8.32 Å². The smallest absolute Gasteiger partial charge is 0.404 e. The third-order valence-corrected chi connectivity index (χ3v) is 7.99. The van der Waals surface area contributed by atoms with Crippen molar-refractivity contribution in [2.75, 3.05) is 13.2 Å². The van der Waals surface area contributed by atoms with Crippen molar-refractivity contribution in [1.82, 2.24) is 5.32 Å². The number of hydrogen-bond acceptors (Lipinski definition) is 3. The Morgan fingerprint density at radius 2 is 1.90 bits per heavy atom. The van der Waals surface area contributed by atoms with Crippen LogP contribution in [-0.2, 0) is 0 Å². The maximum atomic E-state index is 10.3. The van der Waals surface area contributed by atoms with Gasteiger partial charge in [-0.05, 0) is 30.3 Å². The van der Waals surface area contributed by atoms with Crippen LogP contribution in [0.2, 0.25) is 18.1 Å². The highest BCUT2D eigenvalue weighted by atomic mass is 28.4. The maximum Gasteiger partial charge on any atom is 0.404 e. The summed E-state index contributed by atoms with van der Waals surface area (Å²) >= 11 is 0. The molecule has 0 bridgehead atoms. The van der Waals surface area contributed by atoms with E-state index in [0.717, 1.165) is 5.75 Å². The second kappa shape index (κ2) is 6.84. The lowest BCUT2D eigenvalue weighted by atomic mass is 10.2. The number of rotatable bonds is 6. The second-order valence-corrected chi connectivity index (χ2v) is 11.1. The first-order chi connectivity index (χ1) is 9.62. The fourth-order valence-electron chi connectivity index (χ4n) is 1.40. The number of carbonyl (C=O) groups is 1. The molecule has 1 amide bonds. The number of hydrogen-bond donors (Lipinski definition) is 2. The summed E-state index contributed by atoms with van der Waals surface area (Å²) in [6.45, 7) is 11.5. The summed E-state index contributed by atoms with van der Waals surface area (Å²) in [5.41, 5.74) is 0. The second-order valence-electron chi connectivity index (χ2n) is 6.42. The van der Waals surface area contributed by atoms with Gasteiger partial charge in [0.05, 0.1) is 6.54 Å². The Morgan fingerprint density at radius 1 is 1.29 bits per heavy atom. The van der Waals surface area contributed by atoms with E-state index in [1.54, 1.807) is 0 Å². The monoisotopic (exact) mass is 311 g/mol. The van der Waals surface area contributed by atoms with Crippen molar-refractivity contribution < 1.29 is 19.1 Å². The van der Waals surface area contributed by atoms with E-state index in [2.05, 4.69) is 39.2 Å². The molecule has 0 saturated carbocycles. The van der Waals surface area contributed by atoms with Crippen LogP contribution in [0.4, 0.5) is 4.79 Å². The van der Waals surface area contributed by atoms with Gasteiger partial charge in [-0.2, -0.15) is 0 Å². The Kier molecular flexibility index (Phi) is 5.66. The van der Waals surface area contributed by atoms with Crippen molar-refractivity contribution in [3.63, 3.8) is 0 Å². The molecule has 21 heavy (non-hydrogen) atoms. The normalized spacial score (nSPS) is 11.9. The fourth-order valence-corrected chi connectivity index (χ4v) is 2.42. The molecule has 0 saturated heterocycles. The summed E-state index contributed by atoms with van der Waals surface area (Å²) in [5.74, 6) is 1.48. The molecule has 2 N–H and O–H groups in total. The molecule has 0 heterocycles. The van der Waals surface area contributed by atoms with Crippen LogP contribution in [0.1, 0.15) is 20.8 Å². The standard InChI is InChI=1S/C15H25NO4Si/c1-15(2,3)21(4,5)20-13-8-6-7-12(11-13)19-10-9-16-14(17)18/h6-8,11,16H,9-10H2,1-5H3,(H,17,18). The highest BCUT2D eigenvalue weighted by Crippen LogP contribution is 2.37. The van der Waals surface area contributed by atoms with Gasteiger partial charge in [-0.1, -0.05) is 26.8 Å². The third-order valence-electron chi connectivity index (χ3n) is 3.63. The predicted molar refractivity (Wildman–Crippen MR) is 85.8 cm³/mol. The van der Waals surface area contributed by atoms with Crippen molar-refractivity contribution in [2.24, 2.45) is 0 Å². The molecule has 0 radical (unpaired) electrons. The number of nitrogens with one attached hydrogen (secondary N) is 1. The Hall–Kier alpha value is -1.69. The number of ether oxygens (including phenoxy) is 1. The maximum absolute atomic E-state index is 10.3. The zero-order valence-electron chi connectivity index (χ0n) is 13.4. The van der Waals surface area contributed by atoms with Gasteiger partial charge in [0.1, 0.15) is 18.1 Å². The van der Waals surface area contributed by atoms with Gasteiger partial charge in [-0.25, -0.2) is 4.79 Å². The highest BCUT2D eigenvalue weighted by molar-refractivity contribution is 6.74. The molecule has 1 rings (SSSR count). The van der Waals surface area contributed by atoms with E-state index in [-0.39, 0.29) is 18.2 Å². The van der Waals surface area contributed by atoms with Crippen molar-refractivity contribution in [3.8, 4) is 11.5 Å². The van der Waals surface area contributed by atoms with Gasteiger partial charge in [0, 0.05) is 6.07 Å². The topological polar surface area (TPSA) is 67.8 Å². The van der Waals surface area contributed by atoms with Gasteiger partial charge < -0.3 is 19.6 Å². The zero-order valence-corrected chi connectivity index (χ0v) is 14.4. The fraction of sp³-hybridized carbons (Fsp3) is 0.533. The average molecular weight is 311 g/mol. The SMILES string of the molecule is CC(C)(C)[Si](C)(C)Oc1cccc(OCCNC(=O)O)c1. The molecule has 0 aliphatic rings. The number of benzene rings is 1. The lowest BCUT2D eigenvalue weighted by Crippen LogP contribution is -2.43. The van der Waals surface area contributed by atoms with Crippen molar-refractivity contribution in [2.45, 2.75) is 38.9 Å². The van der Waals surface area contributed by atoms with Crippen LogP contribution >= 0.6 is 0 Å². The molecular weight excluding hydrogens is 286 g/mol. The summed E-state index contributed by atoms with van der Waals surface area (Å²) < 4.78 is 11.7. The number of carboxylic acid groups (broad SMARTS) is 1. The van der Waals surface area contributed by atoms with Crippen LogP contribution in [0, 0.1) is 0 Å². The van der Waals surface area contributed by atoms with Crippen LogP contribution in [0.25, 0.3) is 0 Å². The molecule has 5 nitrogen and oxygen atoms in total. The Labute approximate surface area is 127 Å². The first-order valence-corrected chi connectivity index (χ1v) is 9.91. The average Bonchev–Trinajstić information content (AvgIpc) is 2.33. The molecule has 0 aliphatic carbocycles. The molecule has 6 heteroatoms. The summed E-state index contributed by atoms with van der Waals surface area (Å²) in [6, 6.07) is 7.48. The summed E-state index contributed by atoms with van der Waals surface area (Å²) in [4.78, 5) is 10.3. The molecule has 0 spiro atoms. The Morgan fingerprint density at radius 3 is 2.48 bits per heavy atom. The third kappa shape index (κ3) is 5.67. The van der Waals surface area contributed by atoms with Gasteiger partial charge in [-0.15, -0.1) is 0 Å². The highest BCUT2D eigenvalue weighted by Gasteiger charge is 2.38. The largest absolute Gasteiger partial charge is 0.543 e. The number of amides is 1. The van der Waals surface area contributed by atoms with Gasteiger partial charge >= 0.3 is 6.09 Å². The molecule has 1 aromatic carbocycles. The lowest BCUT2D eigenvalue weighted by Gasteiger charge is -2.36. The quantitative estimate of drug-likeness (QED) is 0.620. The van der Waals surface area contributed by atoms with Crippen LogP contribution < -0.4 is 14.5 Å². The van der Waals surface area contributed by atoms with Crippen LogP contribution in [0.5, 0.6) is 11.5 Å². The minimum absolute atomic E-state index is 0.134.